The first kappa shape index (κ1) is 15.1. The average Bonchev–Trinajstić information content (AvgIpc) is 2.79. The summed E-state index contributed by atoms with van der Waals surface area (Å²) in [5.74, 6) is -2.32. The fourth-order valence-electron chi connectivity index (χ4n) is 1.48. The van der Waals surface area contributed by atoms with Crippen molar-refractivity contribution in [1.82, 2.24) is 5.32 Å². The van der Waals surface area contributed by atoms with Crippen molar-refractivity contribution in [2.45, 2.75) is 24.9 Å². The van der Waals surface area contributed by atoms with Gasteiger partial charge in [0, 0.05) is 4.88 Å². The topological polar surface area (TPSA) is 136 Å². The molecule has 1 rings (SSSR count). The highest BCUT2D eigenvalue weighted by Gasteiger charge is 2.23. The summed E-state index contributed by atoms with van der Waals surface area (Å²) in [7, 11) is 0. The first-order valence-electron chi connectivity index (χ1n) is 5.49. The van der Waals surface area contributed by atoms with E-state index in [9.17, 15) is 14.4 Å². The van der Waals surface area contributed by atoms with Gasteiger partial charge in [-0.1, -0.05) is 6.07 Å². The lowest BCUT2D eigenvalue weighted by atomic mass is 10.1. The third-order valence-corrected chi connectivity index (χ3v) is 3.33. The molecule has 19 heavy (non-hydrogen) atoms. The van der Waals surface area contributed by atoms with Gasteiger partial charge in [0.1, 0.15) is 0 Å². The van der Waals surface area contributed by atoms with Gasteiger partial charge in [0.2, 0.25) is 11.8 Å². The zero-order valence-corrected chi connectivity index (χ0v) is 10.9. The number of carboxylic acids is 1. The molecule has 0 saturated heterocycles. The van der Waals surface area contributed by atoms with Crippen LogP contribution in [0.15, 0.2) is 17.5 Å². The molecule has 1 aromatic heterocycles. The van der Waals surface area contributed by atoms with Crippen molar-refractivity contribution in [3.63, 3.8) is 0 Å². The van der Waals surface area contributed by atoms with Gasteiger partial charge in [-0.3, -0.25) is 14.4 Å². The Bertz CT molecular complexity index is 461. The molecule has 0 aliphatic rings. The van der Waals surface area contributed by atoms with Gasteiger partial charge in [0.15, 0.2) is 0 Å². The van der Waals surface area contributed by atoms with Gasteiger partial charge in [0.05, 0.1) is 24.9 Å². The number of nitrogens with one attached hydrogen (secondary N) is 1. The molecular weight excluding hydrogens is 270 g/mol. The molecular formula is C11H15N3O4S. The number of carbonyl (C=O) groups excluding carboxylic acids is 2. The van der Waals surface area contributed by atoms with Crippen LogP contribution in [0.25, 0.3) is 0 Å². The molecule has 104 valence electrons. The summed E-state index contributed by atoms with van der Waals surface area (Å²) < 4.78 is 0. The molecule has 0 radical (unpaired) electrons. The molecule has 0 bridgehead atoms. The number of rotatable bonds is 7. The SMILES string of the molecule is NC(=O)CC(N)C(=O)NC(CC(=O)O)c1cccs1. The van der Waals surface area contributed by atoms with Gasteiger partial charge in [-0.2, -0.15) is 0 Å². The van der Waals surface area contributed by atoms with Crippen LogP contribution >= 0.6 is 11.3 Å². The van der Waals surface area contributed by atoms with Crippen LogP contribution in [0.2, 0.25) is 0 Å². The summed E-state index contributed by atoms with van der Waals surface area (Å²) in [4.78, 5) is 33.9. The Morgan fingerprint density at radius 3 is 2.53 bits per heavy atom. The minimum absolute atomic E-state index is 0.254. The molecule has 2 unspecified atom stereocenters. The average molecular weight is 285 g/mol. The summed E-state index contributed by atoms with van der Waals surface area (Å²) in [6, 6.07) is 1.74. The van der Waals surface area contributed by atoms with Gasteiger partial charge < -0.3 is 21.9 Å². The van der Waals surface area contributed by atoms with E-state index in [2.05, 4.69) is 5.32 Å². The number of hydrogen-bond donors (Lipinski definition) is 4. The number of thiophene rings is 1. The maximum atomic E-state index is 11.7. The third kappa shape index (κ3) is 5.06. The molecule has 2 atom stereocenters. The van der Waals surface area contributed by atoms with E-state index in [1.54, 1.807) is 17.5 Å². The highest BCUT2D eigenvalue weighted by atomic mass is 32.1. The lowest BCUT2D eigenvalue weighted by molar-refractivity contribution is -0.138. The Hall–Kier alpha value is -1.93. The Labute approximate surface area is 113 Å². The van der Waals surface area contributed by atoms with Crippen molar-refractivity contribution in [3.05, 3.63) is 22.4 Å². The van der Waals surface area contributed by atoms with Crippen LogP contribution in [0.4, 0.5) is 0 Å². The molecule has 0 spiro atoms. The summed E-state index contributed by atoms with van der Waals surface area (Å²) in [5, 5.41) is 13.1. The normalized spacial score (nSPS) is 13.5. The van der Waals surface area contributed by atoms with E-state index in [-0.39, 0.29) is 12.8 Å². The predicted molar refractivity (Wildman–Crippen MR) is 69.2 cm³/mol. The molecule has 8 heteroatoms. The first-order valence-corrected chi connectivity index (χ1v) is 6.37. The van der Waals surface area contributed by atoms with Crippen LogP contribution in [-0.2, 0) is 14.4 Å². The lowest BCUT2D eigenvalue weighted by Gasteiger charge is -2.18. The monoisotopic (exact) mass is 285 g/mol. The lowest BCUT2D eigenvalue weighted by Crippen LogP contribution is -2.44. The second-order valence-electron chi connectivity index (χ2n) is 3.95. The van der Waals surface area contributed by atoms with Crippen LogP contribution in [0.1, 0.15) is 23.8 Å². The number of hydrogen-bond acceptors (Lipinski definition) is 5. The van der Waals surface area contributed by atoms with Crippen LogP contribution in [0, 0.1) is 0 Å². The van der Waals surface area contributed by atoms with Gasteiger partial charge in [-0.05, 0) is 11.4 Å². The molecule has 1 aromatic rings. The Kier molecular flexibility index (Phi) is 5.46. The van der Waals surface area contributed by atoms with Crippen LogP contribution < -0.4 is 16.8 Å². The van der Waals surface area contributed by atoms with Crippen molar-refractivity contribution in [2.24, 2.45) is 11.5 Å². The van der Waals surface area contributed by atoms with Crippen molar-refractivity contribution >= 4 is 29.1 Å². The standard InChI is InChI=1S/C11H15N3O4S/c12-6(4-9(13)15)11(18)14-7(5-10(16)17)8-2-1-3-19-8/h1-3,6-7H,4-5,12H2,(H2,13,15)(H,14,18)(H,16,17). The molecule has 0 aliphatic carbocycles. The number of amides is 2. The van der Waals surface area contributed by atoms with Gasteiger partial charge in [-0.25, -0.2) is 0 Å². The minimum Gasteiger partial charge on any atom is -0.481 e. The molecule has 0 fully saturated rings. The number of aliphatic carboxylic acids is 1. The Morgan fingerprint density at radius 2 is 2.05 bits per heavy atom. The van der Waals surface area contributed by atoms with Crippen molar-refractivity contribution in [3.8, 4) is 0 Å². The van der Waals surface area contributed by atoms with E-state index in [4.69, 9.17) is 16.6 Å². The Balaban J connectivity index is 2.70. The zero-order valence-electron chi connectivity index (χ0n) is 10.0. The molecule has 0 saturated carbocycles. The van der Waals surface area contributed by atoms with Gasteiger partial charge >= 0.3 is 5.97 Å². The smallest absolute Gasteiger partial charge is 0.305 e. The maximum Gasteiger partial charge on any atom is 0.305 e. The summed E-state index contributed by atoms with van der Waals surface area (Å²) >= 11 is 1.33. The van der Waals surface area contributed by atoms with E-state index in [0.29, 0.717) is 4.88 Å². The van der Waals surface area contributed by atoms with Crippen molar-refractivity contribution in [2.75, 3.05) is 0 Å². The Morgan fingerprint density at radius 1 is 1.37 bits per heavy atom. The number of carbonyl (C=O) groups is 3. The number of nitrogens with two attached hydrogens (primary N) is 2. The second kappa shape index (κ2) is 6.86. The van der Waals surface area contributed by atoms with Crippen LogP contribution in [-0.4, -0.2) is 28.9 Å². The fraction of sp³-hybridized carbons (Fsp3) is 0.364. The predicted octanol–water partition coefficient (Wildman–Crippen LogP) is -0.417. The van der Waals surface area contributed by atoms with E-state index in [0.717, 1.165) is 0 Å². The van der Waals surface area contributed by atoms with Gasteiger partial charge in [0.25, 0.3) is 0 Å². The zero-order chi connectivity index (χ0) is 14.4. The largest absolute Gasteiger partial charge is 0.481 e. The van der Waals surface area contributed by atoms with Crippen LogP contribution in [0.3, 0.4) is 0 Å². The highest BCUT2D eigenvalue weighted by Crippen LogP contribution is 2.22. The van der Waals surface area contributed by atoms with Gasteiger partial charge in [-0.15, -0.1) is 11.3 Å². The first-order chi connectivity index (χ1) is 8.90. The minimum atomic E-state index is -1.08. The molecule has 6 N–H and O–H groups in total. The van der Waals surface area contributed by atoms with Crippen molar-refractivity contribution < 1.29 is 19.5 Å². The number of primary amides is 1. The summed E-state index contributed by atoms with van der Waals surface area (Å²) in [6.45, 7) is 0. The molecule has 0 aromatic carbocycles. The highest BCUT2D eigenvalue weighted by molar-refractivity contribution is 7.10. The molecule has 0 aliphatic heterocycles. The van der Waals surface area contributed by atoms with E-state index >= 15 is 0 Å². The fourth-order valence-corrected chi connectivity index (χ4v) is 2.25. The maximum absolute atomic E-state index is 11.7. The summed E-state index contributed by atoms with van der Waals surface area (Å²) in [6.07, 6.45) is -0.536. The van der Waals surface area contributed by atoms with E-state index < -0.39 is 29.9 Å². The number of carboxylic acid groups (broad SMARTS) is 1. The summed E-state index contributed by atoms with van der Waals surface area (Å²) in [5.41, 5.74) is 10.4. The third-order valence-electron chi connectivity index (χ3n) is 2.34. The molecule has 2 amide bonds. The van der Waals surface area contributed by atoms with Crippen LogP contribution in [0.5, 0.6) is 0 Å². The van der Waals surface area contributed by atoms with E-state index in [1.165, 1.54) is 11.3 Å². The van der Waals surface area contributed by atoms with Crippen molar-refractivity contribution in [1.29, 1.82) is 0 Å². The molecule has 7 nitrogen and oxygen atoms in total. The van der Waals surface area contributed by atoms with E-state index in [1.807, 2.05) is 0 Å². The second-order valence-corrected chi connectivity index (χ2v) is 4.93. The quantitative estimate of drug-likeness (QED) is 0.539. The molecule has 1 heterocycles.